The summed E-state index contributed by atoms with van der Waals surface area (Å²) in [6, 6.07) is 2.60. The molecule has 154 valence electrons. The highest BCUT2D eigenvalue weighted by Crippen LogP contribution is 2.40. The molecular formula is C20H27BrN2O5. The lowest BCUT2D eigenvalue weighted by atomic mass is 9.94. The first-order valence-electron chi connectivity index (χ1n) is 9.53. The summed E-state index contributed by atoms with van der Waals surface area (Å²) in [4.78, 5) is 24.8. The molecule has 8 heteroatoms. The molecule has 2 amide bonds. The Hall–Kier alpha value is -2.22. The summed E-state index contributed by atoms with van der Waals surface area (Å²) in [6.07, 6.45) is 1.36. The molecule has 1 atom stereocenters. The van der Waals surface area contributed by atoms with Crippen LogP contribution in [0, 0.1) is 0 Å². The van der Waals surface area contributed by atoms with E-state index in [1.807, 2.05) is 26.8 Å². The van der Waals surface area contributed by atoms with E-state index in [9.17, 15) is 9.59 Å². The third-order valence-electron chi connectivity index (χ3n) is 4.12. The second-order valence-corrected chi connectivity index (χ2v) is 6.96. The monoisotopic (exact) mass is 454 g/mol. The summed E-state index contributed by atoms with van der Waals surface area (Å²) in [5, 5.41) is 5.53. The molecular weight excluding hydrogens is 428 g/mol. The topological polar surface area (TPSA) is 85.9 Å². The van der Waals surface area contributed by atoms with Crippen molar-refractivity contribution in [3.05, 3.63) is 33.4 Å². The Morgan fingerprint density at radius 3 is 2.50 bits per heavy atom. The molecule has 1 aliphatic rings. The number of hydrogen-bond donors (Lipinski definition) is 2. The van der Waals surface area contributed by atoms with Gasteiger partial charge in [0.1, 0.15) is 0 Å². The number of ether oxygens (including phenoxy) is 3. The van der Waals surface area contributed by atoms with Crippen LogP contribution in [-0.2, 0) is 9.53 Å². The lowest BCUT2D eigenvalue weighted by molar-refractivity contribution is -0.139. The van der Waals surface area contributed by atoms with E-state index in [0.29, 0.717) is 52.4 Å². The van der Waals surface area contributed by atoms with Crippen LogP contribution in [0.1, 0.15) is 52.1 Å². The molecule has 0 saturated carbocycles. The molecule has 0 fully saturated rings. The maximum absolute atomic E-state index is 12.6. The maximum Gasteiger partial charge on any atom is 0.338 e. The number of carbonyl (C=O) groups excluding carboxylic acids is 2. The van der Waals surface area contributed by atoms with E-state index in [-0.39, 0.29) is 12.6 Å². The van der Waals surface area contributed by atoms with Crippen LogP contribution >= 0.6 is 15.9 Å². The Morgan fingerprint density at radius 2 is 1.89 bits per heavy atom. The molecule has 0 saturated heterocycles. The highest BCUT2D eigenvalue weighted by Gasteiger charge is 2.34. The van der Waals surface area contributed by atoms with E-state index in [2.05, 4.69) is 26.6 Å². The zero-order valence-corrected chi connectivity index (χ0v) is 18.3. The quantitative estimate of drug-likeness (QED) is 0.545. The minimum absolute atomic E-state index is 0.248. The minimum atomic E-state index is -0.654. The molecule has 1 aromatic carbocycles. The number of amides is 2. The van der Waals surface area contributed by atoms with E-state index in [1.54, 1.807) is 13.0 Å². The van der Waals surface area contributed by atoms with Gasteiger partial charge in [-0.3, -0.25) is 0 Å². The summed E-state index contributed by atoms with van der Waals surface area (Å²) in [6.45, 7) is 8.79. The second kappa shape index (κ2) is 10.4. The van der Waals surface area contributed by atoms with Gasteiger partial charge in [0.25, 0.3) is 0 Å². The van der Waals surface area contributed by atoms with Crippen molar-refractivity contribution >= 4 is 27.9 Å². The van der Waals surface area contributed by atoms with Gasteiger partial charge in [-0.1, -0.05) is 13.8 Å². The van der Waals surface area contributed by atoms with Crippen molar-refractivity contribution in [2.24, 2.45) is 0 Å². The van der Waals surface area contributed by atoms with Crippen molar-refractivity contribution in [3.8, 4) is 11.5 Å². The standard InChI is InChI=1S/C20H27BrN2O5/c1-5-9-28-18-13(21)10-12(11-15(18)26-7-3)17-16(19(24)27-8-4)14(6-2)22-20(25)23-17/h10-11,17H,5-9H2,1-4H3,(H2,22,23,25). The summed E-state index contributed by atoms with van der Waals surface area (Å²) < 4.78 is 17.5. The predicted octanol–water partition coefficient (Wildman–Crippen LogP) is 4.22. The molecule has 0 spiro atoms. The minimum Gasteiger partial charge on any atom is -0.490 e. The summed E-state index contributed by atoms with van der Waals surface area (Å²) in [5.74, 6) is 0.691. The highest BCUT2D eigenvalue weighted by atomic mass is 79.9. The molecule has 0 aromatic heterocycles. The number of hydrogen-bond acceptors (Lipinski definition) is 5. The smallest absolute Gasteiger partial charge is 0.338 e. The molecule has 1 aliphatic heterocycles. The Balaban J connectivity index is 2.55. The van der Waals surface area contributed by atoms with Gasteiger partial charge in [0, 0.05) is 5.70 Å². The summed E-state index contributed by atoms with van der Waals surface area (Å²) in [5.41, 5.74) is 1.64. The third-order valence-corrected chi connectivity index (χ3v) is 4.71. The fourth-order valence-corrected chi connectivity index (χ4v) is 3.53. The molecule has 1 unspecified atom stereocenters. The Morgan fingerprint density at radius 1 is 1.14 bits per heavy atom. The van der Waals surface area contributed by atoms with Crippen LogP contribution in [0.3, 0.4) is 0 Å². The van der Waals surface area contributed by atoms with Gasteiger partial charge in [0.2, 0.25) is 0 Å². The van der Waals surface area contributed by atoms with Crippen molar-refractivity contribution < 1.29 is 23.8 Å². The molecule has 0 radical (unpaired) electrons. The van der Waals surface area contributed by atoms with Gasteiger partial charge >= 0.3 is 12.0 Å². The van der Waals surface area contributed by atoms with Gasteiger partial charge in [-0.05, 0) is 60.3 Å². The van der Waals surface area contributed by atoms with Gasteiger partial charge in [-0.2, -0.15) is 0 Å². The van der Waals surface area contributed by atoms with Gasteiger partial charge in [0.05, 0.1) is 35.9 Å². The SMILES string of the molecule is CCCOc1c(Br)cc(C2NC(=O)NC(CC)=C2C(=O)OCC)cc1OCC. The lowest BCUT2D eigenvalue weighted by Crippen LogP contribution is -2.45. The number of carbonyl (C=O) groups is 2. The number of rotatable bonds is 9. The Bertz CT molecular complexity index is 763. The van der Waals surface area contributed by atoms with Crippen LogP contribution in [0.2, 0.25) is 0 Å². The van der Waals surface area contributed by atoms with Gasteiger partial charge in [-0.15, -0.1) is 0 Å². The predicted molar refractivity (Wildman–Crippen MR) is 109 cm³/mol. The highest BCUT2D eigenvalue weighted by molar-refractivity contribution is 9.10. The van der Waals surface area contributed by atoms with E-state index in [4.69, 9.17) is 14.2 Å². The molecule has 1 heterocycles. The molecule has 1 aromatic rings. The number of nitrogens with one attached hydrogen (secondary N) is 2. The number of esters is 1. The van der Waals surface area contributed by atoms with Crippen LogP contribution in [0.4, 0.5) is 4.79 Å². The normalized spacial score (nSPS) is 16.3. The number of allylic oxidation sites excluding steroid dienone is 1. The zero-order valence-electron chi connectivity index (χ0n) is 16.7. The number of benzene rings is 1. The summed E-state index contributed by atoms with van der Waals surface area (Å²) >= 11 is 3.53. The van der Waals surface area contributed by atoms with Crippen LogP contribution in [-0.4, -0.2) is 31.8 Å². The van der Waals surface area contributed by atoms with E-state index >= 15 is 0 Å². The summed E-state index contributed by atoms with van der Waals surface area (Å²) in [7, 11) is 0. The average molecular weight is 455 g/mol. The first-order chi connectivity index (χ1) is 13.5. The Kier molecular flexibility index (Phi) is 8.17. The zero-order chi connectivity index (χ0) is 20.7. The van der Waals surface area contributed by atoms with Gasteiger partial charge in [0.15, 0.2) is 11.5 Å². The number of urea groups is 1. The fraction of sp³-hybridized carbons (Fsp3) is 0.500. The Labute approximate surface area is 173 Å². The number of halogens is 1. The van der Waals surface area contributed by atoms with Crippen LogP contribution in [0.15, 0.2) is 27.9 Å². The van der Waals surface area contributed by atoms with Crippen molar-refractivity contribution in [2.75, 3.05) is 19.8 Å². The lowest BCUT2D eigenvalue weighted by Gasteiger charge is -2.29. The van der Waals surface area contributed by atoms with Crippen LogP contribution < -0.4 is 20.1 Å². The molecule has 2 rings (SSSR count). The van der Waals surface area contributed by atoms with E-state index in [0.717, 1.165) is 6.42 Å². The first kappa shape index (κ1) is 22.1. The van der Waals surface area contributed by atoms with Crippen molar-refractivity contribution in [1.82, 2.24) is 10.6 Å². The van der Waals surface area contributed by atoms with Crippen molar-refractivity contribution in [1.29, 1.82) is 0 Å². The second-order valence-electron chi connectivity index (χ2n) is 6.11. The molecule has 7 nitrogen and oxygen atoms in total. The van der Waals surface area contributed by atoms with Crippen LogP contribution in [0.25, 0.3) is 0 Å². The molecule has 0 aliphatic carbocycles. The molecule has 28 heavy (non-hydrogen) atoms. The van der Waals surface area contributed by atoms with Crippen molar-refractivity contribution in [3.63, 3.8) is 0 Å². The largest absolute Gasteiger partial charge is 0.490 e. The van der Waals surface area contributed by atoms with Crippen molar-refractivity contribution in [2.45, 2.75) is 46.6 Å². The van der Waals surface area contributed by atoms with Crippen LogP contribution in [0.5, 0.6) is 11.5 Å². The fourth-order valence-electron chi connectivity index (χ4n) is 2.96. The maximum atomic E-state index is 12.6. The van der Waals surface area contributed by atoms with E-state index < -0.39 is 12.0 Å². The molecule has 2 N–H and O–H groups in total. The average Bonchev–Trinajstić information content (AvgIpc) is 2.66. The van der Waals surface area contributed by atoms with Gasteiger partial charge < -0.3 is 24.8 Å². The third kappa shape index (κ3) is 4.98. The van der Waals surface area contributed by atoms with Gasteiger partial charge in [-0.25, -0.2) is 9.59 Å². The first-order valence-corrected chi connectivity index (χ1v) is 10.3. The molecule has 0 bridgehead atoms. The van der Waals surface area contributed by atoms with E-state index in [1.165, 1.54) is 0 Å².